The minimum atomic E-state index is -4.19. The van der Waals surface area contributed by atoms with Crippen molar-refractivity contribution < 1.29 is 13.2 Å². The van der Waals surface area contributed by atoms with Crippen LogP contribution in [0.15, 0.2) is 35.5 Å². The van der Waals surface area contributed by atoms with Gasteiger partial charge < -0.3 is 0 Å². The summed E-state index contributed by atoms with van der Waals surface area (Å²) in [4.78, 5) is 0. The lowest BCUT2D eigenvalue weighted by Gasteiger charge is -2.07. The van der Waals surface area contributed by atoms with E-state index in [0.717, 1.165) is 12.0 Å². The maximum atomic E-state index is 12.2. The average Bonchev–Trinajstić information content (AvgIpc) is 2.26. The summed E-state index contributed by atoms with van der Waals surface area (Å²) in [6, 6.07) is 0. The maximum Gasteiger partial charge on any atom is 0.412 e. The first kappa shape index (κ1) is 10.1. The largest absolute Gasteiger partial charge is 0.412 e. The van der Waals surface area contributed by atoms with Gasteiger partial charge in [-0.3, -0.25) is 0 Å². The number of halogens is 3. The van der Waals surface area contributed by atoms with Gasteiger partial charge in [0.2, 0.25) is 0 Å². The van der Waals surface area contributed by atoms with Crippen LogP contribution in [0.1, 0.15) is 19.8 Å². The first-order valence-electron chi connectivity index (χ1n) is 4.17. The molecular formula is C10H11F3. The van der Waals surface area contributed by atoms with Crippen molar-refractivity contribution >= 4 is 0 Å². The molecule has 0 nitrogen and oxygen atoms in total. The average molecular weight is 188 g/mol. The molecule has 0 amide bonds. The van der Waals surface area contributed by atoms with Gasteiger partial charge in [0.25, 0.3) is 0 Å². The van der Waals surface area contributed by atoms with Crippen LogP contribution in [0.5, 0.6) is 0 Å². The molecule has 0 aromatic carbocycles. The molecular weight excluding hydrogens is 177 g/mol. The fraction of sp³-hybridized carbons (Fsp3) is 0.400. The maximum absolute atomic E-state index is 12.2. The fourth-order valence-corrected chi connectivity index (χ4v) is 1.11. The Labute approximate surface area is 75.4 Å². The molecule has 3 heteroatoms. The van der Waals surface area contributed by atoms with E-state index in [9.17, 15) is 13.2 Å². The van der Waals surface area contributed by atoms with Crippen LogP contribution in [0, 0.1) is 0 Å². The Bertz CT molecular complexity index is 266. The van der Waals surface area contributed by atoms with Crippen molar-refractivity contribution in [3.05, 3.63) is 35.5 Å². The molecule has 0 radical (unpaired) electrons. The highest BCUT2D eigenvalue weighted by Crippen LogP contribution is 2.30. The second-order valence-corrected chi connectivity index (χ2v) is 2.89. The van der Waals surface area contributed by atoms with E-state index in [1.165, 1.54) is 12.2 Å². The summed E-state index contributed by atoms with van der Waals surface area (Å²) >= 11 is 0. The van der Waals surface area contributed by atoms with Crippen molar-refractivity contribution in [1.29, 1.82) is 0 Å². The molecule has 0 aliphatic heterocycles. The van der Waals surface area contributed by atoms with E-state index < -0.39 is 11.7 Å². The molecule has 0 heterocycles. The third-order valence-electron chi connectivity index (χ3n) is 1.94. The SMILES string of the molecule is CCC1=CC=C(C(F)(F)F)CC=C1. The molecule has 0 N–H and O–H groups in total. The summed E-state index contributed by atoms with van der Waals surface area (Å²) in [5.74, 6) is 0. The highest BCUT2D eigenvalue weighted by molar-refractivity contribution is 5.32. The normalized spacial score (nSPS) is 17.8. The summed E-state index contributed by atoms with van der Waals surface area (Å²) in [7, 11) is 0. The van der Waals surface area contributed by atoms with E-state index in [4.69, 9.17) is 0 Å². The van der Waals surface area contributed by atoms with Crippen LogP contribution in [-0.4, -0.2) is 6.18 Å². The quantitative estimate of drug-likeness (QED) is 0.587. The zero-order valence-corrected chi connectivity index (χ0v) is 7.36. The molecule has 72 valence electrons. The van der Waals surface area contributed by atoms with Crippen LogP contribution in [0.25, 0.3) is 0 Å². The minimum Gasteiger partial charge on any atom is -0.166 e. The van der Waals surface area contributed by atoms with Crippen LogP contribution in [0.2, 0.25) is 0 Å². The highest BCUT2D eigenvalue weighted by Gasteiger charge is 2.32. The van der Waals surface area contributed by atoms with E-state index in [1.54, 1.807) is 12.2 Å². The number of hydrogen-bond donors (Lipinski definition) is 0. The monoisotopic (exact) mass is 188 g/mol. The molecule has 1 aliphatic carbocycles. The van der Waals surface area contributed by atoms with Gasteiger partial charge in [-0.2, -0.15) is 13.2 Å². The third-order valence-corrected chi connectivity index (χ3v) is 1.94. The lowest BCUT2D eigenvalue weighted by molar-refractivity contribution is -0.0928. The van der Waals surface area contributed by atoms with Gasteiger partial charge in [-0.1, -0.05) is 31.2 Å². The lowest BCUT2D eigenvalue weighted by atomic mass is 10.2. The zero-order chi connectivity index (χ0) is 9.90. The van der Waals surface area contributed by atoms with Crippen LogP contribution in [0.4, 0.5) is 13.2 Å². The van der Waals surface area contributed by atoms with Crippen LogP contribution >= 0.6 is 0 Å². The van der Waals surface area contributed by atoms with Crippen molar-refractivity contribution in [3.63, 3.8) is 0 Å². The second-order valence-electron chi connectivity index (χ2n) is 2.89. The van der Waals surface area contributed by atoms with Gasteiger partial charge in [0.15, 0.2) is 0 Å². The minimum absolute atomic E-state index is 0.0243. The molecule has 1 aliphatic rings. The van der Waals surface area contributed by atoms with Crippen LogP contribution in [0.3, 0.4) is 0 Å². The van der Waals surface area contributed by atoms with Crippen LogP contribution < -0.4 is 0 Å². The highest BCUT2D eigenvalue weighted by atomic mass is 19.4. The number of hydrogen-bond acceptors (Lipinski definition) is 0. The van der Waals surface area contributed by atoms with E-state index in [1.807, 2.05) is 6.92 Å². The fourth-order valence-electron chi connectivity index (χ4n) is 1.11. The van der Waals surface area contributed by atoms with Crippen molar-refractivity contribution in [2.45, 2.75) is 25.9 Å². The summed E-state index contributed by atoms with van der Waals surface area (Å²) in [5.41, 5.74) is 0.450. The molecule has 0 spiro atoms. The van der Waals surface area contributed by atoms with Crippen molar-refractivity contribution in [2.75, 3.05) is 0 Å². The lowest BCUT2D eigenvalue weighted by Crippen LogP contribution is -2.10. The Kier molecular flexibility index (Phi) is 2.96. The summed E-state index contributed by atoms with van der Waals surface area (Å²) in [6.07, 6.45) is 2.55. The van der Waals surface area contributed by atoms with Gasteiger partial charge in [0.05, 0.1) is 0 Å². The molecule has 0 saturated carbocycles. The molecule has 0 unspecified atom stereocenters. The summed E-state index contributed by atoms with van der Waals surface area (Å²) < 4.78 is 36.7. The number of alkyl halides is 3. The predicted molar refractivity (Wildman–Crippen MR) is 46.3 cm³/mol. The standard InChI is InChI=1S/C10H11F3/c1-2-8-4-3-5-9(7-6-8)10(11,12)13/h3-4,6-7H,2,5H2,1H3. The molecule has 1 rings (SSSR count). The van der Waals surface area contributed by atoms with Gasteiger partial charge in [-0.25, -0.2) is 0 Å². The van der Waals surface area contributed by atoms with E-state index in [2.05, 4.69) is 0 Å². The Morgan fingerprint density at radius 1 is 1.31 bits per heavy atom. The zero-order valence-electron chi connectivity index (χ0n) is 7.36. The van der Waals surface area contributed by atoms with Crippen molar-refractivity contribution in [2.24, 2.45) is 0 Å². The second kappa shape index (κ2) is 3.81. The Morgan fingerprint density at radius 3 is 2.54 bits per heavy atom. The smallest absolute Gasteiger partial charge is 0.166 e. The van der Waals surface area contributed by atoms with Gasteiger partial charge >= 0.3 is 6.18 Å². The van der Waals surface area contributed by atoms with Crippen LogP contribution in [-0.2, 0) is 0 Å². The topological polar surface area (TPSA) is 0 Å². The van der Waals surface area contributed by atoms with Crippen molar-refractivity contribution in [1.82, 2.24) is 0 Å². The number of rotatable bonds is 1. The predicted octanol–water partition coefficient (Wildman–Crippen LogP) is 3.77. The van der Waals surface area contributed by atoms with E-state index in [0.29, 0.717) is 0 Å². The molecule has 13 heavy (non-hydrogen) atoms. The summed E-state index contributed by atoms with van der Waals surface area (Å²) in [5, 5.41) is 0. The van der Waals surface area contributed by atoms with Crippen molar-refractivity contribution in [3.8, 4) is 0 Å². The molecule has 0 bridgehead atoms. The van der Waals surface area contributed by atoms with Gasteiger partial charge in [-0.05, 0) is 18.4 Å². The number of allylic oxidation sites excluding steroid dienone is 6. The molecule has 0 aromatic rings. The molecule has 0 aromatic heterocycles. The van der Waals surface area contributed by atoms with Gasteiger partial charge in [0, 0.05) is 5.57 Å². The molecule has 0 saturated heterocycles. The first-order valence-corrected chi connectivity index (χ1v) is 4.17. The Balaban J connectivity index is 2.87. The Morgan fingerprint density at radius 2 is 2.00 bits per heavy atom. The molecule has 0 atom stereocenters. The van der Waals surface area contributed by atoms with E-state index >= 15 is 0 Å². The molecule has 0 fully saturated rings. The Hall–Kier alpha value is -0.990. The van der Waals surface area contributed by atoms with E-state index in [-0.39, 0.29) is 6.42 Å². The first-order chi connectivity index (χ1) is 6.04. The summed E-state index contributed by atoms with van der Waals surface area (Å²) in [6.45, 7) is 1.92. The van der Waals surface area contributed by atoms with Gasteiger partial charge in [-0.15, -0.1) is 0 Å². The van der Waals surface area contributed by atoms with Gasteiger partial charge in [0.1, 0.15) is 0 Å². The third kappa shape index (κ3) is 2.76.